The van der Waals surface area contributed by atoms with Crippen LogP contribution >= 0.6 is 11.6 Å². The van der Waals surface area contributed by atoms with E-state index >= 15 is 0 Å². The average molecular weight is 475 g/mol. The van der Waals surface area contributed by atoms with Crippen molar-refractivity contribution in [3.63, 3.8) is 0 Å². The van der Waals surface area contributed by atoms with Crippen LogP contribution in [0.4, 0.5) is 0 Å². The summed E-state index contributed by atoms with van der Waals surface area (Å²) < 4.78 is 10.5. The predicted octanol–water partition coefficient (Wildman–Crippen LogP) is 3.35. The van der Waals surface area contributed by atoms with E-state index in [1.54, 1.807) is 31.2 Å². The van der Waals surface area contributed by atoms with Gasteiger partial charge in [-0.25, -0.2) is 0 Å². The third-order valence-electron chi connectivity index (χ3n) is 5.49. The second-order valence-corrected chi connectivity index (χ2v) is 8.46. The van der Waals surface area contributed by atoms with E-state index in [2.05, 4.69) is 0 Å². The minimum atomic E-state index is -0.925. The van der Waals surface area contributed by atoms with Crippen molar-refractivity contribution in [3.8, 4) is 17.2 Å². The van der Waals surface area contributed by atoms with Crippen LogP contribution in [0.2, 0.25) is 5.02 Å². The number of hydrogen-bond acceptors (Lipinski definition) is 7. The van der Waals surface area contributed by atoms with Crippen LogP contribution in [0.3, 0.4) is 0 Å². The molecule has 0 radical (unpaired) electrons. The summed E-state index contributed by atoms with van der Waals surface area (Å²) in [5, 5.41) is 21.9. The zero-order valence-electron chi connectivity index (χ0n) is 19.2. The fourth-order valence-electron chi connectivity index (χ4n) is 3.90. The van der Waals surface area contributed by atoms with Gasteiger partial charge in [0.25, 0.3) is 11.7 Å². The Balaban J connectivity index is 2.26. The van der Waals surface area contributed by atoms with Gasteiger partial charge in [0.1, 0.15) is 11.5 Å². The van der Waals surface area contributed by atoms with E-state index in [1.807, 2.05) is 19.0 Å². The molecule has 0 aromatic heterocycles. The van der Waals surface area contributed by atoms with E-state index in [9.17, 15) is 19.8 Å². The molecule has 3 rings (SSSR count). The zero-order valence-corrected chi connectivity index (χ0v) is 19.9. The molecule has 1 aliphatic rings. The lowest BCUT2D eigenvalue weighted by atomic mass is 9.94. The lowest BCUT2D eigenvalue weighted by molar-refractivity contribution is -0.140. The molecule has 8 nitrogen and oxygen atoms in total. The first-order chi connectivity index (χ1) is 15.6. The van der Waals surface area contributed by atoms with Crippen molar-refractivity contribution >= 4 is 29.1 Å². The number of carbonyl (C=O) groups is 2. The van der Waals surface area contributed by atoms with Crippen LogP contribution in [0.1, 0.15) is 22.7 Å². The lowest BCUT2D eigenvalue weighted by Gasteiger charge is -2.27. The number of aliphatic hydroxyl groups is 1. The largest absolute Gasteiger partial charge is 0.507 e. The number of hydrogen-bond donors (Lipinski definition) is 2. The molecule has 1 aliphatic heterocycles. The van der Waals surface area contributed by atoms with Crippen molar-refractivity contribution in [2.75, 3.05) is 41.4 Å². The van der Waals surface area contributed by atoms with E-state index in [1.165, 1.54) is 25.2 Å². The molecule has 0 aliphatic carbocycles. The number of halogens is 1. The number of phenolic OH excluding ortho intramolecular Hbond substituents is 1. The Morgan fingerprint density at radius 1 is 1.15 bits per heavy atom. The number of likely N-dealkylation sites (N-methyl/N-ethyl adjacent to an activating group) is 1. The number of ketones is 1. The van der Waals surface area contributed by atoms with Gasteiger partial charge in [0.15, 0.2) is 11.5 Å². The van der Waals surface area contributed by atoms with Crippen LogP contribution in [-0.4, -0.2) is 73.1 Å². The van der Waals surface area contributed by atoms with Crippen molar-refractivity contribution < 1.29 is 29.3 Å². The summed E-state index contributed by atoms with van der Waals surface area (Å²) in [5.41, 5.74) is 1.28. The number of amides is 1. The fraction of sp³-hybridized carbons (Fsp3) is 0.333. The maximum absolute atomic E-state index is 13.2. The number of aliphatic hydroxyl groups excluding tert-OH is 1. The number of aromatic hydroxyl groups is 1. The standard InChI is InChI=1S/C24H27ClN2O6/c1-13-10-15(23(33-5)16(25)11-13)21(29)19-20(14-6-7-18(32-4)17(28)12-14)27(9-8-26(2)3)24(31)22(19)30/h6-7,10-12,20,28-29H,8-9H2,1-5H3/b21-19+. The molecule has 1 amide bonds. The van der Waals surface area contributed by atoms with Crippen LogP contribution in [0, 0.1) is 6.92 Å². The first-order valence-electron chi connectivity index (χ1n) is 10.2. The third kappa shape index (κ3) is 4.62. The molecule has 33 heavy (non-hydrogen) atoms. The molecule has 2 N–H and O–H groups in total. The second kappa shape index (κ2) is 9.72. The molecule has 1 fully saturated rings. The molecule has 1 atom stereocenters. The zero-order chi connectivity index (χ0) is 24.4. The van der Waals surface area contributed by atoms with Gasteiger partial charge in [0.2, 0.25) is 0 Å². The van der Waals surface area contributed by atoms with Crippen molar-refractivity contribution in [1.82, 2.24) is 9.80 Å². The summed E-state index contributed by atoms with van der Waals surface area (Å²) >= 11 is 6.30. The van der Waals surface area contributed by atoms with Gasteiger partial charge in [-0.3, -0.25) is 9.59 Å². The summed E-state index contributed by atoms with van der Waals surface area (Å²) in [4.78, 5) is 29.4. The lowest BCUT2D eigenvalue weighted by Crippen LogP contribution is -2.35. The molecular weight excluding hydrogens is 448 g/mol. The summed E-state index contributed by atoms with van der Waals surface area (Å²) in [6.07, 6.45) is 0. The molecule has 0 spiro atoms. The van der Waals surface area contributed by atoms with Gasteiger partial charge in [0.05, 0.1) is 36.4 Å². The van der Waals surface area contributed by atoms with Crippen LogP contribution in [0.5, 0.6) is 17.2 Å². The number of nitrogens with zero attached hydrogens (tertiary/aromatic N) is 2. The summed E-state index contributed by atoms with van der Waals surface area (Å²) in [6.45, 7) is 2.51. The van der Waals surface area contributed by atoms with Gasteiger partial charge in [-0.05, 0) is 56.4 Å². The highest BCUT2D eigenvalue weighted by Gasteiger charge is 2.46. The van der Waals surface area contributed by atoms with Crippen molar-refractivity contribution in [1.29, 1.82) is 0 Å². The number of phenols is 1. The number of Topliss-reactive ketones (excluding diaryl/α,β-unsaturated/α-hetero) is 1. The van der Waals surface area contributed by atoms with Crippen LogP contribution in [0.15, 0.2) is 35.9 Å². The first-order valence-corrected chi connectivity index (χ1v) is 10.6. The maximum atomic E-state index is 13.2. The Hall–Kier alpha value is -3.23. The number of carbonyl (C=O) groups excluding carboxylic acids is 2. The molecule has 2 aromatic carbocycles. The smallest absolute Gasteiger partial charge is 0.295 e. The molecule has 9 heteroatoms. The molecule has 1 heterocycles. The van der Waals surface area contributed by atoms with Crippen LogP contribution in [0.25, 0.3) is 5.76 Å². The molecule has 0 saturated carbocycles. The van der Waals surface area contributed by atoms with Crippen LogP contribution in [-0.2, 0) is 9.59 Å². The quantitative estimate of drug-likeness (QED) is 0.360. The molecular formula is C24H27ClN2O6. The average Bonchev–Trinajstić information content (AvgIpc) is 3.01. The molecule has 1 unspecified atom stereocenters. The van der Waals surface area contributed by atoms with Crippen molar-refractivity contribution in [3.05, 3.63) is 57.6 Å². The number of aryl methyl sites for hydroxylation is 1. The van der Waals surface area contributed by atoms with Gasteiger partial charge >= 0.3 is 0 Å². The van der Waals surface area contributed by atoms with Crippen molar-refractivity contribution in [2.45, 2.75) is 13.0 Å². The summed E-state index contributed by atoms with van der Waals surface area (Å²) in [5.74, 6) is -1.68. The van der Waals surface area contributed by atoms with Gasteiger partial charge < -0.3 is 29.5 Å². The highest BCUT2D eigenvalue weighted by Crippen LogP contribution is 2.44. The Bertz CT molecular complexity index is 1130. The number of rotatable bonds is 7. The third-order valence-corrected chi connectivity index (χ3v) is 5.77. The normalized spacial score (nSPS) is 17.7. The van der Waals surface area contributed by atoms with Gasteiger partial charge in [-0.15, -0.1) is 0 Å². The van der Waals surface area contributed by atoms with Gasteiger partial charge in [-0.1, -0.05) is 17.7 Å². The number of likely N-dealkylation sites (tertiary alicyclic amines) is 1. The van der Waals surface area contributed by atoms with Gasteiger partial charge in [0, 0.05) is 13.1 Å². The Kier molecular flexibility index (Phi) is 7.19. The predicted molar refractivity (Wildman–Crippen MR) is 125 cm³/mol. The van der Waals surface area contributed by atoms with E-state index in [-0.39, 0.29) is 40.0 Å². The van der Waals surface area contributed by atoms with E-state index < -0.39 is 23.5 Å². The second-order valence-electron chi connectivity index (χ2n) is 8.05. The molecule has 1 saturated heterocycles. The Morgan fingerprint density at radius 3 is 2.42 bits per heavy atom. The highest BCUT2D eigenvalue weighted by molar-refractivity contribution is 6.46. The Labute approximate surface area is 197 Å². The molecule has 0 bridgehead atoms. The van der Waals surface area contributed by atoms with E-state index in [4.69, 9.17) is 21.1 Å². The monoisotopic (exact) mass is 474 g/mol. The first kappa shape index (κ1) is 24.4. The Morgan fingerprint density at radius 2 is 1.85 bits per heavy atom. The molecule has 176 valence electrons. The van der Waals surface area contributed by atoms with E-state index in [0.29, 0.717) is 12.1 Å². The summed E-state index contributed by atoms with van der Waals surface area (Å²) in [7, 11) is 6.53. The number of ether oxygens (including phenoxy) is 2. The fourth-order valence-corrected chi connectivity index (χ4v) is 4.25. The van der Waals surface area contributed by atoms with E-state index in [0.717, 1.165) is 5.56 Å². The van der Waals surface area contributed by atoms with Crippen molar-refractivity contribution in [2.24, 2.45) is 0 Å². The topological polar surface area (TPSA) is 99.5 Å². The maximum Gasteiger partial charge on any atom is 0.295 e. The highest BCUT2D eigenvalue weighted by atomic mass is 35.5. The number of benzene rings is 2. The molecule has 2 aromatic rings. The minimum absolute atomic E-state index is 0.108. The summed E-state index contributed by atoms with van der Waals surface area (Å²) in [6, 6.07) is 6.99. The van der Waals surface area contributed by atoms with Crippen LogP contribution < -0.4 is 9.47 Å². The number of methoxy groups -OCH3 is 2. The minimum Gasteiger partial charge on any atom is -0.507 e. The van der Waals surface area contributed by atoms with Gasteiger partial charge in [-0.2, -0.15) is 0 Å². The SMILES string of the molecule is COc1ccc(C2/C(=C(\O)c3cc(C)cc(Cl)c3OC)C(=O)C(=O)N2CCN(C)C)cc1O.